The van der Waals surface area contributed by atoms with E-state index in [4.69, 9.17) is 15.9 Å². The molecule has 0 fully saturated rings. The first-order chi connectivity index (χ1) is 6.52. The lowest BCUT2D eigenvalue weighted by Crippen LogP contribution is -2.48. The highest BCUT2D eigenvalue weighted by Crippen LogP contribution is 2.26. The van der Waals surface area contributed by atoms with Gasteiger partial charge in [-0.05, 0) is 6.07 Å². The molecule has 1 rings (SSSR count). The van der Waals surface area contributed by atoms with Crippen molar-refractivity contribution >= 4 is 5.97 Å². The molecule has 0 aliphatic heterocycles. The first-order valence-corrected chi connectivity index (χ1v) is 3.94. The second kappa shape index (κ2) is 3.65. The summed E-state index contributed by atoms with van der Waals surface area (Å²) in [5.41, 5.74) is 3.50. The van der Waals surface area contributed by atoms with Crippen LogP contribution in [-0.2, 0) is 10.3 Å². The van der Waals surface area contributed by atoms with Crippen LogP contribution in [0.1, 0.15) is 5.56 Å². The summed E-state index contributed by atoms with van der Waals surface area (Å²) < 4.78 is 0. The van der Waals surface area contributed by atoms with Crippen molar-refractivity contribution < 1.29 is 20.1 Å². The minimum absolute atomic E-state index is 0.00463. The number of carboxylic acid groups (broad SMARTS) is 1. The van der Waals surface area contributed by atoms with Crippen LogP contribution in [0.25, 0.3) is 0 Å². The van der Waals surface area contributed by atoms with Gasteiger partial charge in [-0.2, -0.15) is 0 Å². The van der Waals surface area contributed by atoms with E-state index in [1.165, 1.54) is 18.2 Å². The SMILES string of the molecule is N[C@@](CO)(C(=O)O)c1ccccc1O. The number of hydrogen-bond donors (Lipinski definition) is 4. The molecule has 0 aliphatic rings. The van der Waals surface area contributed by atoms with Crippen LogP contribution < -0.4 is 5.73 Å². The van der Waals surface area contributed by atoms with E-state index in [2.05, 4.69) is 0 Å². The molecule has 5 N–H and O–H groups in total. The minimum atomic E-state index is -1.95. The molecule has 76 valence electrons. The highest BCUT2D eigenvalue weighted by molar-refractivity contribution is 5.81. The number of phenolic OH excluding ortho intramolecular Hbond substituents is 1. The number of aliphatic hydroxyl groups is 1. The maximum Gasteiger partial charge on any atom is 0.330 e. The van der Waals surface area contributed by atoms with Gasteiger partial charge in [0.15, 0.2) is 5.54 Å². The van der Waals surface area contributed by atoms with Crippen LogP contribution in [-0.4, -0.2) is 27.9 Å². The van der Waals surface area contributed by atoms with Crippen molar-refractivity contribution in [2.75, 3.05) is 6.61 Å². The maximum atomic E-state index is 10.8. The van der Waals surface area contributed by atoms with E-state index < -0.39 is 18.1 Å². The van der Waals surface area contributed by atoms with Crippen molar-refractivity contribution in [3.05, 3.63) is 29.8 Å². The summed E-state index contributed by atoms with van der Waals surface area (Å²) in [5, 5.41) is 27.1. The highest BCUT2D eigenvalue weighted by Gasteiger charge is 2.37. The fourth-order valence-corrected chi connectivity index (χ4v) is 1.12. The Morgan fingerprint density at radius 3 is 2.43 bits per heavy atom. The molecular weight excluding hydrogens is 186 g/mol. The monoisotopic (exact) mass is 197 g/mol. The van der Waals surface area contributed by atoms with Gasteiger partial charge in [-0.25, -0.2) is 4.79 Å². The van der Waals surface area contributed by atoms with Gasteiger partial charge in [0.25, 0.3) is 0 Å². The first kappa shape index (κ1) is 10.5. The summed E-state index contributed by atoms with van der Waals surface area (Å²) in [4.78, 5) is 10.8. The molecule has 1 atom stereocenters. The summed E-state index contributed by atoms with van der Waals surface area (Å²) in [6.07, 6.45) is 0. The lowest BCUT2D eigenvalue weighted by Gasteiger charge is -2.23. The van der Waals surface area contributed by atoms with E-state index in [1.54, 1.807) is 6.07 Å². The number of phenols is 1. The standard InChI is InChI=1S/C9H11NO4/c10-9(5-11,8(13)14)6-3-1-2-4-7(6)12/h1-4,11-12H,5,10H2,(H,13,14)/t9-/m1/s1. The maximum absolute atomic E-state index is 10.8. The largest absolute Gasteiger partial charge is 0.508 e. The fourth-order valence-electron chi connectivity index (χ4n) is 1.12. The number of nitrogens with two attached hydrogens (primary N) is 1. The Kier molecular flexibility index (Phi) is 2.73. The van der Waals surface area contributed by atoms with E-state index in [9.17, 15) is 9.90 Å². The van der Waals surface area contributed by atoms with E-state index in [0.29, 0.717) is 0 Å². The van der Waals surface area contributed by atoms with Crippen LogP contribution in [0.15, 0.2) is 24.3 Å². The zero-order valence-electron chi connectivity index (χ0n) is 7.34. The number of rotatable bonds is 3. The Balaban J connectivity index is 3.26. The van der Waals surface area contributed by atoms with Gasteiger partial charge in [-0.15, -0.1) is 0 Å². The number of carboxylic acids is 1. The Morgan fingerprint density at radius 1 is 1.43 bits per heavy atom. The third-order valence-electron chi connectivity index (χ3n) is 2.02. The second-order valence-corrected chi connectivity index (χ2v) is 2.95. The van der Waals surface area contributed by atoms with Gasteiger partial charge in [0.2, 0.25) is 0 Å². The van der Waals surface area contributed by atoms with Gasteiger partial charge in [0, 0.05) is 5.56 Å². The third-order valence-corrected chi connectivity index (χ3v) is 2.02. The molecule has 5 heteroatoms. The molecule has 0 aromatic heterocycles. The molecule has 0 heterocycles. The van der Waals surface area contributed by atoms with Crippen LogP contribution >= 0.6 is 0 Å². The second-order valence-electron chi connectivity index (χ2n) is 2.95. The quantitative estimate of drug-likeness (QED) is 0.529. The van der Waals surface area contributed by atoms with Gasteiger partial charge >= 0.3 is 5.97 Å². The van der Waals surface area contributed by atoms with Crippen molar-refractivity contribution in [2.24, 2.45) is 5.73 Å². The molecule has 1 aromatic carbocycles. The number of hydrogen-bond acceptors (Lipinski definition) is 4. The molecule has 5 nitrogen and oxygen atoms in total. The van der Waals surface area contributed by atoms with Crippen molar-refractivity contribution in [1.82, 2.24) is 0 Å². The zero-order valence-corrected chi connectivity index (χ0v) is 7.34. The van der Waals surface area contributed by atoms with Crippen LogP contribution in [0.4, 0.5) is 0 Å². The number of aromatic hydroxyl groups is 1. The third kappa shape index (κ3) is 1.55. The summed E-state index contributed by atoms with van der Waals surface area (Å²) >= 11 is 0. The summed E-state index contributed by atoms with van der Waals surface area (Å²) in [7, 11) is 0. The number of aliphatic hydroxyl groups excluding tert-OH is 1. The topological polar surface area (TPSA) is 104 Å². The van der Waals surface area contributed by atoms with Crippen molar-refractivity contribution in [3.63, 3.8) is 0 Å². The Bertz CT molecular complexity index is 352. The average Bonchev–Trinajstić information content (AvgIpc) is 2.17. The van der Waals surface area contributed by atoms with E-state index in [1.807, 2.05) is 0 Å². The van der Waals surface area contributed by atoms with Crippen molar-refractivity contribution in [2.45, 2.75) is 5.54 Å². The average molecular weight is 197 g/mol. The van der Waals surface area contributed by atoms with Crippen LogP contribution in [0.2, 0.25) is 0 Å². The number of benzene rings is 1. The van der Waals surface area contributed by atoms with Gasteiger partial charge in [0.05, 0.1) is 6.61 Å². The summed E-state index contributed by atoms with van der Waals surface area (Å²) in [6, 6.07) is 5.75. The minimum Gasteiger partial charge on any atom is -0.508 e. The number of carbonyl (C=O) groups is 1. The first-order valence-electron chi connectivity index (χ1n) is 3.94. The number of para-hydroxylation sites is 1. The summed E-state index contributed by atoms with van der Waals surface area (Å²) in [6.45, 7) is -0.778. The molecule has 0 saturated carbocycles. The normalized spacial score (nSPS) is 14.7. The molecule has 1 aromatic rings. The molecular formula is C9H11NO4. The zero-order chi connectivity index (χ0) is 10.8. The fraction of sp³-hybridized carbons (Fsp3) is 0.222. The molecule has 0 unspecified atom stereocenters. The Labute approximate surface area is 80.4 Å². The van der Waals surface area contributed by atoms with Crippen LogP contribution in [0, 0.1) is 0 Å². The predicted molar refractivity (Wildman–Crippen MR) is 48.7 cm³/mol. The molecule has 0 bridgehead atoms. The van der Waals surface area contributed by atoms with Gasteiger partial charge < -0.3 is 21.1 Å². The van der Waals surface area contributed by atoms with Gasteiger partial charge in [0.1, 0.15) is 5.75 Å². The number of aliphatic carboxylic acids is 1. The van der Waals surface area contributed by atoms with Crippen molar-refractivity contribution in [1.29, 1.82) is 0 Å². The highest BCUT2D eigenvalue weighted by atomic mass is 16.4. The molecule has 0 spiro atoms. The molecule has 14 heavy (non-hydrogen) atoms. The predicted octanol–water partition coefficient (Wildman–Crippen LogP) is -0.377. The van der Waals surface area contributed by atoms with Gasteiger partial charge in [-0.1, -0.05) is 18.2 Å². The Morgan fingerprint density at radius 2 is 2.00 bits per heavy atom. The summed E-state index contributed by atoms with van der Waals surface area (Å²) in [5.74, 6) is -1.63. The van der Waals surface area contributed by atoms with Crippen LogP contribution in [0.3, 0.4) is 0 Å². The smallest absolute Gasteiger partial charge is 0.330 e. The van der Waals surface area contributed by atoms with E-state index >= 15 is 0 Å². The van der Waals surface area contributed by atoms with Gasteiger partial charge in [-0.3, -0.25) is 0 Å². The van der Waals surface area contributed by atoms with Crippen molar-refractivity contribution in [3.8, 4) is 5.75 Å². The lowest BCUT2D eigenvalue weighted by atomic mass is 9.91. The van der Waals surface area contributed by atoms with Crippen LogP contribution in [0.5, 0.6) is 5.75 Å². The van der Waals surface area contributed by atoms with E-state index in [0.717, 1.165) is 0 Å². The van der Waals surface area contributed by atoms with E-state index in [-0.39, 0.29) is 11.3 Å². The molecule has 0 amide bonds. The lowest BCUT2D eigenvalue weighted by molar-refractivity contribution is -0.145. The molecule has 0 radical (unpaired) electrons. The molecule has 0 aliphatic carbocycles. The Hall–Kier alpha value is -1.59. The molecule has 0 saturated heterocycles.